The van der Waals surface area contributed by atoms with Gasteiger partial charge >= 0.3 is 0 Å². The maximum atomic E-state index is 13.0. The van der Waals surface area contributed by atoms with Crippen LogP contribution in [-0.4, -0.2) is 18.6 Å². The molecule has 0 fully saturated rings. The molecule has 2 aromatic carbocycles. The highest BCUT2D eigenvalue weighted by Crippen LogP contribution is 2.34. The van der Waals surface area contributed by atoms with E-state index in [2.05, 4.69) is 14.9 Å². The smallest absolute Gasteiger partial charge is 0.263 e. The van der Waals surface area contributed by atoms with Crippen molar-refractivity contribution in [2.24, 2.45) is 0 Å². The third-order valence-electron chi connectivity index (χ3n) is 4.19. The van der Waals surface area contributed by atoms with Crippen molar-refractivity contribution in [3.63, 3.8) is 0 Å². The maximum absolute atomic E-state index is 13.0. The molecule has 8 heteroatoms. The Balaban J connectivity index is 1.72. The number of aromatic nitrogens is 2. The fraction of sp³-hybridized carbons (Fsp3) is 0.158. The molecule has 0 saturated heterocycles. The zero-order valence-electron chi connectivity index (χ0n) is 14.8. The number of anilines is 1. The number of nitrogens with one attached hydrogen (secondary N) is 1. The van der Waals surface area contributed by atoms with Crippen LogP contribution in [0.5, 0.6) is 0 Å². The zero-order valence-corrected chi connectivity index (χ0v) is 16.4. The van der Waals surface area contributed by atoms with Gasteiger partial charge in [-0.25, -0.2) is 8.42 Å². The summed E-state index contributed by atoms with van der Waals surface area (Å²) >= 11 is 1.33. The number of hydrogen-bond donors (Lipinski definition) is 1. The molecule has 0 bridgehead atoms. The van der Waals surface area contributed by atoms with Crippen LogP contribution in [0.3, 0.4) is 0 Å². The largest absolute Gasteiger partial charge is 0.339 e. The molecule has 0 saturated carbocycles. The SMILES string of the molecule is CCc1nc(-c2cc(S(=O)(=O)Nc3cccc4ccccc34)c(C)s2)no1. The van der Waals surface area contributed by atoms with Crippen LogP contribution in [0.2, 0.25) is 0 Å². The molecular weight excluding hydrogens is 382 g/mol. The van der Waals surface area contributed by atoms with Crippen LogP contribution in [0.25, 0.3) is 21.5 Å². The van der Waals surface area contributed by atoms with Crippen LogP contribution in [-0.2, 0) is 16.4 Å². The van der Waals surface area contributed by atoms with Crippen molar-refractivity contribution in [3.8, 4) is 10.7 Å². The van der Waals surface area contributed by atoms with E-state index >= 15 is 0 Å². The second-order valence-corrected chi connectivity index (χ2v) is 8.94. The van der Waals surface area contributed by atoms with Crippen LogP contribution < -0.4 is 4.72 Å². The van der Waals surface area contributed by atoms with E-state index < -0.39 is 10.0 Å². The lowest BCUT2D eigenvalue weighted by Crippen LogP contribution is -2.13. The van der Waals surface area contributed by atoms with Crippen molar-refractivity contribution >= 4 is 37.8 Å². The first-order valence-electron chi connectivity index (χ1n) is 8.42. The molecule has 0 unspecified atom stereocenters. The maximum Gasteiger partial charge on any atom is 0.263 e. The number of aryl methyl sites for hydroxylation is 2. The fourth-order valence-electron chi connectivity index (χ4n) is 2.86. The molecule has 0 atom stereocenters. The van der Waals surface area contributed by atoms with E-state index in [1.807, 2.05) is 43.3 Å². The molecule has 1 N–H and O–H groups in total. The fourth-order valence-corrected chi connectivity index (χ4v) is 5.45. The van der Waals surface area contributed by atoms with Gasteiger partial charge in [-0.15, -0.1) is 11.3 Å². The lowest BCUT2D eigenvalue weighted by Gasteiger charge is -2.10. The molecule has 6 nitrogen and oxygen atoms in total. The molecule has 2 aromatic heterocycles. The first-order valence-corrected chi connectivity index (χ1v) is 10.7. The van der Waals surface area contributed by atoms with Gasteiger partial charge < -0.3 is 4.52 Å². The Kier molecular flexibility index (Phi) is 4.45. The summed E-state index contributed by atoms with van der Waals surface area (Å²) in [5.74, 6) is 0.931. The van der Waals surface area contributed by atoms with Gasteiger partial charge in [0.1, 0.15) is 4.90 Å². The van der Waals surface area contributed by atoms with Crippen LogP contribution in [0.15, 0.2) is 57.9 Å². The van der Waals surface area contributed by atoms with Crippen molar-refractivity contribution in [2.75, 3.05) is 4.72 Å². The highest BCUT2D eigenvalue weighted by molar-refractivity contribution is 7.93. The van der Waals surface area contributed by atoms with Crippen LogP contribution >= 0.6 is 11.3 Å². The average Bonchev–Trinajstić information content (AvgIpc) is 3.28. The van der Waals surface area contributed by atoms with E-state index in [4.69, 9.17) is 4.52 Å². The normalized spacial score (nSPS) is 11.8. The van der Waals surface area contributed by atoms with Crippen molar-refractivity contribution in [3.05, 3.63) is 59.3 Å². The van der Waals surface area contributed by atoms with Gasteiger partial charge in [-0.05, 0) is 24.4 Å². The average molecular weight is 399 g/mol. The number of sulfonamides is 1. The Labute approximate surface area is 160 Å². The Morgan fingerprint density at radius 3 is 2.70 bits per heavy atom. The first-order chi connectivity index (χ1) is 13.0. The summed E-state index contributed by atoms with van der Waals surface area (Å²) in [7, 11) is -3.75. The minimum Gasteiger partial charge on any atom is -0.339 e. The van der Waals surface area contributed by atoms with Crippen molar-refractivity contribution in [1.82, 2.24) is 10.1 Å². The van der Waals surface area contributed by atoms with Gasteiger partial charge in [0, 0.05) is 16.7 Å². The molecular formula is C19H17N3O3S2. The summed E-state index contributed by atoms with van der Waals surface area (Å²) in [6, 6.07) is 14.8. The third-order valence-corrected chi connectivity index (χ3v) is 6.85. The summed E-state index contributed by atoms with van der Waals surface area (Å²) in [5.41, 5.74) is 0.549. The quantitative estimate of drug-likeness (QED) is 0.529. The second-order valence-electron chi connectivity index (χ2n) is 6.03. The number of thiophene rings is 1. The van der Waals surface area contributed by atoms with Crippen LogP contribution in [0.1, 0.15) is 17.7 Å². The molecule has 0 aliphatic carbocycles. The van der Waals surface area contributed by atoms with Gasteiger partial charge in [-0.1, -0.05) is 48.5 Å². The molecule has 0 aliphatic rings. The van der Waals surface area contributed by atoms with Crippen LogP contribution in [0.4, 0.5) is 5.69 Å². The summed E-state index contributed by atoms with van der Waals surface area (Å²) in [5, 5.41) is 5.75. The summed E-state index contributed by atoms with van der Waals surface area (Å²) < 4.78 is 33.8. The van der Waals surface area contributed by atoms with Crippen molar-refractivity contribution in [2.45, 2.75) is 25.2 Å². The molecule has 27 heavy (non-hydrogen) atoms. The first kappa shape index (κ1) is 17.7. The lowest BCUT2D eigenvalue weighted by atomic mass is 10.1. The second kappa shape index (κ2) is 6.79. The van der Waals surface area contributed by atoms with E-state index in [1.54, 1.807) is 19.1 Å². The molecule has 0 radical (unpaired) electrons. The topological polar surface area (TPSA) is 85.1 Å². The molecule has 138 valence electrons. The van der Waals surface area contributed by atoms with Crippen molar-refractivity contribution < 1.29 is 12.9 Å². The predicted octanol–water partition coefficient (Wildman–Crippen LogP) is 4.62. The molecule has 4 rings (SSSR count). The van der Waals surface area contributed by atoms with Gasteiger partial charge in [-0.2, -0.15) is 4.98 Å². The number of benzene rings is 2. The van der Waals surface area contributed by atoms with E-state index in [0.717, 1.165) is 10.8 Å². The Morgan fingerprint density at radius 1 is 1.15 bits per heavy atom. The third kappa shape index (κ3) is 3.33. The van der Waals surface area contributed by atoms with Crippen molar-refractivity contribution in [1.29, 1.82) is 0 Å². The van der Waals surface area contributed by atoms with Gasteiger partial charge in [-0.3, -0.25) is 4.72 Å². The zero-order chi connectivity index (χ0) is 19.0. The molecule has 0 aliphatic heterocycles. The highest BCUT2D eigenvalue weighted by Gasteiger charge is 2.23. The minimum atomic E-state index is -3.75. The molecule has 2 heterocycles. The van der Waals surface area contributed by atoms with Gasteiger partial charge in [0.15, 0.2) is 0 Å². The standard InChI is InChI=1S/C19H17N3O3S2/c1-3-18-20-19(21-25-18)16-11-17(12(2)26-16)27(23,24)22-15-10-6-8-13-7-4-5-9-14(13)15/h4-11,22H,3H2,1-2H3. The Bertz CT molecular complexity index is 1220. The number of rotatable bonds is 5. The molecule has 4 aromatic rings. The monoisotopic (exact) mass is 399 g/mol. The molecule has 0 spiro atoms. The number of fused-ring (bicyclic) bond motifs is 1. The van der Waals surface area contributed by atoms with E-state index in [1.165, 1.54) is 11.3 Å². The number of nitrogens with zero attached hydrogens (tertiary/aromatic N) is 2. The number of hydrogen-bond acceptors (Lipinski definition) is 6. The van der Waals surface area contributed by atoms with Gasteiger partial charge in [0.2, 0.25) is 11.7 Å². The lowest BCUT2D eigenvalue weighted by molar-refractivity contribution is 0.383. The highest BCUT2D eigenvalue weighted by atomic mass is 32.2. The molecule has 0 amide bonds. The van der Waals surface area contributed by atoms with E-state index in [-0.39, 0.29) is 4.90 Å². The van der Waals surface area contributed by atoms with Gasteiger partial charge in [0.25, 0.3) is 10.0 Å². The van der Waals surface area contributed by atoms with E-state index in [0.29, 0.717) is 33.6 Å². The summed E-state index contributed by atoms with van der Waals surface area (Å²) in [6.07, 6.45) is 0.630. The Morgan fingerprint density at radius 2 is 1.93 bits per heavy atom. The summed E-state index contributed by atoms with van der Waals surface area (Å²) in [6.45, 7) is 3.69. The summed E-state index contributed by atoms with van der Waals surface area (Å²) in [4.78, 5) is 5.83. The van der Waals surface area contributed by atoms with E-state index in [9.17, 15) is 8.42 Å². The van der Waals surface area contributed by atoms with Gasteiger partial charge in [0.05, 0.1) is 10.6 Å². The minimum absolute atomic E-state index is 0.221. The van der Waals surface area contributed by atoms with Crippen LogP contribution in [0, 0.1) is 6.92 Å². The Hall–Kier alpha value is -2.71. The predicted molar refractivity (Wildman–Crippen MR) is 106 cm³/mol.